The number of hydrogen-bond acceptors (Lipinski definition) is 6. The zero-order chi connectivity index (χ0) is 20.1. The summed E-state index contributed by atoms with van der Waals surface area (Å²) in [6.45, 7) is 11.1. The number of carbonyl (C=O) groups excluding carboxylic acids is 1. The van der Waals surface area contributed by atoms with Crippen LogP contribution in [0.2, 0.25) is 0 Å². The number of aromatic nitrogens is 2. The zero-order valence-corrected chi connectivity index (χ0v) is 18.1. The number of hydrogen-bond donors (Lipinski definition) is 1. The third-order valence-corrected chi connectivity index (χ3v) is 6.03. The fourth-order valence-corrected chi connectivity index (χ4v) is 4.68. The van der Waals surface area contributed by atoms with Gasteiger partial charge in [0.2, 0.25) is 5.91 Å². The van der Waals surface area contributed by atoms with Crippen molar-refractivity contribution < 1.29 is 9.53 Å². The Bertz CT molecular complexity index is 751. The molecule has 1 aromatic heterocycles. The average molecular weight is 409 g/mol. The Morgan fingerprint density at radius 3 is 2.68 bits per heavy atom. The van der Waals surface area contributed by atoms with E-state index in [0.29, 0.717) is 6.54 Å². The van der Waals surface area contributed by atoms with Crippen molar-refractivity contribution in [1.82, 2.24) is 19.8 Å². The number of amides is 1. The second kappa shape index (κ2) is 9.41. The summed E-state index contributed by atoms with van der Waals surface area (Å²) in [7, 11) is 0. The maximum absolute atomic E-state index is 12.7. The highest BCUT2D eigenvalue weighted by molar-refractivity contribution is 7.99. The second-order valence-electron chi connectivity index (χ2n) is 8.52. The van der Waals surface area contributed by atoms with Gasteiger partial charge in [-0.25, -0.2) is 4.79 Å². The first-order valence-electron chi connectivity index (χ1n) is 10.2. The second-order valence-corrected chi connectivity index (χ2v) is 9.49. The lowest BCUT2D eigenvalue weighted by atomic mass is 10.1. The van der Waals surface area contributed by atoms with Crippen LogP contribution < -0.4 is 11.0 Å². The van der Waals surface area contributed by atoms with Gasteiger partial charge in [-0.1, -0.05) is 11.8 Å². The van der Waals surface area contributed by atoms with Gasteiger partial charge in [-0.2, -0.15) is 4.98 Å². The summed E-state index contributed by atoms with van der Waals surface area (Å²) in [5.41, 5.74) is 1.86. The molecule has 1 aliphatic heterocycles. The highest BCUT2D eigenvalue weighted by Crippen LogP contribution is 2.29. The summed E-state index contributed by atoms with van der Waals surface area (Å²) >= 11 is 1.39. The predicted octanol–water partition coefficient (Wildman–Crippen LogP) is 1.46. The van der Waals surface area contributed by atoms with Crippen molar-refractivity contribution in [3.05, 3.63) is 21.7 Å². The third kappa shape index (κ3) is 5.81. The number of carbonyl (C=O) groups is 1. The van der Waals surface area contributed by atoms with E-state index >= 15 is 0 Å². The minimum atomic E-state index is -0.253. The molecule has 3 rings (SSSR count). The molecule has 0 unspecified atom stereocenters. The molecule has 1 fully saturated rings. The first-order valence-corrected chi connectivity index (χ1v) is 11.2. The molecule has 1 aromatic rings. The van der Waals surface area contributed by atoms with E-state index in [1.807, 2.05) is 25.3 Å². The van der Waals surface area contributed by atoms with Crippen LogP contribution in [-0.2, 0) is 28.9 Å². The molecule has 1 amide bonds. The Morgan fingerprint density at radius 1 is 1.21 bits per heavy atom. The quantitative estimate of drug-likeness (QED) is 0.544. The van der Waals surface area contributed by atoms with Crippen LogP contribution in [0.1, 0.15) is 44.9 Å². The number of nitrogens with zero attached hydrogens (tertiary/aromatic N) is 3. The molecule has 8 heteroatoms. The molecule has 0 radical (unpaired) electrons. The van der Waals surface area contributed by atoms with Crippen LogP contribution in [-0.4, -0.2) is 64.5 Å². The van der Waals surface area contributed by atoms with E-state index in [-0.39, 0.29) is 22.9 Å². The van der Waals surface area contributed by atoms with Gasteiger partial charge in [0.15, 0.2) is 0 Å². The first-order chi connectivity index (χ1) is 13.3. The number of nitrogens with one attached hydrogen (secondary N) is 1. The number of fused-ring (bicyclic) bond motifs is 1. The molecule has 0 atom stereocenters. The average Bonchev–Trinajstić information content (AvgIpc) is 3.11. The SMILES string of the molecule is CC(C)(C)NC(=O)CSc1nc(=O)n(CCCN2CCOCC2)c2c1CCC2. The maximum Gasteiger partial charge on any atom is 0.348 e. The Labute approximate surface area is 171 Å². The van der Waals surface area contributed by atoms with Gasteiger partial charge in [0.1, 0.15) is 5.03 Å². The van der Waals surface area contributed by atoms with Gasteiger partial charge < -0.3 is 10.1 Å². The summed E-state index contributed by atoms with van der Waals surface area (Å²) in [6, 6.07) is 0. The van der Waals surface area contributed by atoms with Crippen LogP contribution in [0.3, 0.4) is 0 Å². The van der Waals surface area contributed by atoms with Gasteiger partial charge in [0, 0.05) is 43.0 Å². The van der Waals surface area contributed by atoms with Gasteiger partial charge in [0.25, 0.3) is 0 Å². The lowest BCUT2D eigenvalue weighted by Crippen LogP contribution is -2.41. The fourth-order valence-electron chi connectivity index (χ4n) is 3.80. The van der Waals surface area contributed by atoms with Gasteiger partial charge >= 0.3 is 5.69 Å². The standard InChI is InChI=1S/C20H32N4O3S/c1-20(2,3)22-17(25)14-28-18-15-6-4-7-16(15)24(19(26)21-18)9-5-8-23-10-12-27-13-11-23/h4-14H2,1-3H3,(H,22,25). The van der Waals surface area contributed by atoms with E-state index in [1.54, 1.807) is 0 Å². The van der Waals surface area contributed by atoms with E-state index < -0.39 is 0 Å². The van der Waals surface area contributed by atoms with Crippen LogP contribution in [0.4, 0.5) is 0 Å². The summed E-state index contributed by atoms with van der Waals surface area (Å²) in [4.78, 5) is 31.5. The lowest BCUT2D eigenvalue weighted by molar-refractivity contribution is -0.119. The van der Waals surface area contributed by atoms with Crippen LogP contribution in [0.25, 0.3) is 0 Å². The Hall–Kier alpha value is -1.38. The Morgan fingerprint density at radius 2 is 1.96 bits per heavy atom. The highest BCUT2D eigenvalue weighted by atomic mass is 32.2. The molecule has 0 aromatic carbocycles. The number of thioether (sulfide) groups is 1. The van der Waals surface area contributed by atoms with Crippen molar-refractivity contribution in [3.63, 3.8) is 0 Å². The molecule has 0 saturated carbocycles. The smallest absolute Gasteiger partial charge is 0.348 e. The minimum absolute atomic E-state index is 0.0271. The molecule has 2 aliphatic rings. The van der Waals surface area contributed by atoms with Crippen LogP contribution in [0, 0.1) is 0 Å². The van der Waals surface area contributed by atoms with E-state index in [0.717, 1.165) is 69.3 Å². The number of rotatable bonds is 7. The van der Waals surface area contributed by atoms with Crippen molar-refractivity contribution in [3.8, 4) is 0 Å². The number of morpholine rings is 1. The zero-order valence-electron chi connectivity index (χ0n) is 17.3. The van der Waals surface area contributed by atoms with Crippen LogP contribution in [0.5, 0.6) is 0 Å². The van der Waals surface area contributed by atoms with Gasteiger partial charge in [-0.3, -0.25) is 14.3 Å². The van der Waals surface area contributed by atoms with Crippen molar-refractivity contribution >= 4 is 17.7 Å². The fraction of sp³-hybridized carbons (Fsp3) is 0.750. The van der Waals surface area contributed by atoms with E-state index in [1.165, 1.54) is 17.3 Å². The van der Waals surface area contributed by atoms with Crippen LogP contribution >= 0.6 is 11.8 Å². The Kier molecular flexibility index (Phi) is 7.17. The topological polar surface area (TPSA) is 76.5 Å². The van der Waals surface area contributed by atoms with Crippen molar-refractivity contribution in [2.45, 2.75) is 63.6 Å². The van der Waals surface area contributed by atoms with Gasteiger partial charge in [-0.05, 0) is 46.5 Å². The monoisotopic (exact) mass is 408 g/mol. The first kappa shape index (κ1) is 21.3. The van der Waals surface area contributed by atoms with Crippen molar-refractivity contribution in [1.29, 1.82) is 0 Å². The summed E-state index contributed by atoms with van der Waals surface area (Å²) < 4.78 is 7.25. The Balaban J connectivity index is 1.63. The van der Waals surface area contributed by atoms with E-state index in [2.05, 4.69) is 15.2 Å². The van der Waals surface area contributed by atoms with Crippen molar-refractivity contribution in [2.24, 2.45) is 0 Å². The molecule has 2 heterocycles. The van der Waals surface area contributed by atoms with E-state index in [4.69, 9.17) is 4.74 Å². The summed E-state index contributed by atoms with van der Waals surface area (Å²) in [5.74, 6) is 0.262. The van der Waals surface area contributed by atoms with Gasteiger partial charge in [-0.15, -0.1) is 0 Å². The molecular formula is C20H32N4O3S. The molecule has 0 spiro atoms. The molecule has 1 N–H and O–H groups in total. The molecule has 7 nitrogen and oxygen atoms in total. The highest BCUT2D eigenvalue weighted by Gasteiger charge is 2.23. The molecule has 156 valence electrons. The summed E-state index contributed by atoms with van der Waals surface area (Å²) in [6.07, 6.45) is 3.85. The van der Waals surface area contributed by atoms with E-state index in [9.17, 15) is 9.59 Å². The molecule has 0 bridgehead atoms. The predicted molar refractivity (Wildman–Crippen MR) is 111 cm³/mol. The number of ether oxygens (including phenoxy) is 1. The largest absolute Gasteiger partial charge is 0.379 e. The third-order valence-electron chi connectivity index (χ3n) is 5.01. The molecule has 1 saturated heterocycles. The lowest BCUT2D eigenvalue weighted by Gasteiger charge is -2.26. The summed E-state index contributed by atoms with van der Waals surface area (Å²) in [5, 5.41) is 3.70. The van der Waals surface area contributed by atoms with Gasteiger partial charge in [0.05, 0.1) is 19.0 Å². The van der Waals surface area contributed by atoms with Crippen molar-refractivity contribution in [2.75, 3.05) is 38.6 Å². The van der Waals surface area contributed by atoms with Crippen LogP contribution in [0.15, 0.2) is 9.82 Å². The maximum atomic E-state index is 12.7. The molecular weight excluding hydrogens is 376 g/mol. The molecule has 1 aliphatic carbocycles. The minimum Gasteiger partial charge on any atom is -0.379 e. The molecule has 28 heavy (non-hydrogen) atoms. The normalized spacial score (nSPS) is 17.5.